The van der Waals surface area contributed by atoms with Gasteiger partial charge in [0.1, 0.15) is 0 Å². The van der Waals surface area contributed by atoms with Gasteiger partial charge in [-0.15, -0.1) is 0 Å². The van der Waals surface area contributed by atoms with Gasteiger partial charge in [-0.1, -0.05) is 0 Å². The van der Waals surface area contributed by atoms with Gasteiger partial charge in [-0.25, -0.2) is 0 Å². The minimum Gasteiger partial charge on any atom is -0.394 e. The molecule has 3 nitrogen and oxygen atoms in total. The number of thioether (sulfide) groups is 1. The zero-order valence-electron chi connectivity index (χ0n) is 7.23. The summed E-state index contributed by atoms with van der Waals surface area (Å²) in [6, 6.07) is 1.77. The number of rotatable bonds is 2. The first-order chi connectivity index (χ1) is 6.31. The Morgan fingerprint density at radius 2 is 2.46 bits per heavy atom. The average Bonchev–Trinajstić information content (AvgIpc) is 2.63. The molecule has 1 unspecified atom stereocenters. The Morgan fingerprint density at radius 1 is 1.62 bits per heavy atom. The summed E-state index contributed by atoms with van der Waals surface area (Å²) in [6.07, 6.45) is 1.77. The fourth-order valence-corrected chi connectivity index (χ4v) is 2.40. The van der Waals surface area contributed by atoms with E-state index in [0.717, 1.165) is 17.1 Å². The lowest BCUT2D eigenvalue weighted by molar-refractivity contribution is 0.267. The van der Waals surface area contributed by atoms with Crippen LogP contribution in [0.1, 0.15) is 22.9 Å². The molecule has 0 amide bonds. The predicted molar refractivity (Wildman–Crippen MR) is 53.3 cm³/mol. The summed E-state index contributed by atoms with van der Waals surface area (Å²) in [5, 5.41) is 8.88. The molecule has 0 aliphatic carbocycles. The third-order valence-electron chi connectivity index (χ3n) is 2.20. The van der Waals surface area contributed by atoms with Crippen molar-refractivity contribution in [3.63, 3.8) is 0 Å². The second kappa shape index (κ2) is 3.65. The number of hydrogen-bond acceptors (Lipinski definition) is 4. The fourth-order valence-electron chi connectivity index (χ4n) is 1.38. The highest BCUT2D eigenvalue weighted by Gasteiger charge is 2.14. The predicted octanol–water partition coefficient (Wildman–Crippen LogP) is 0.821. The van der Waals surface area contributed by atoms with Gasteiger partial charge in [-0.3, -0.25) is 4.98 Å². The van der Waals surface area contributed by atoms with Crippen LogP contribution in [0.15, 0.2) is 12.3 Å². The molecule has 2 heterocycles. The van der Waals surface area contributed by atoms with Gasteiger partial charge in [0.05, 0.1) is 18.3 Å². The van der Waals surface area contributed by atoms with Crippen molar-refractivity contribution in [3.8, 4) is 0 Å². The Balaban J connectivity index is 2.30. The molecule has 2 rings (SSSR count). The standard InChI is InChI=1S/C9H12N2OS/c10-8(3-12)6-1-7-4-13-5-9(7)11-2-6/h1-2,8,12H,3-5,10H2. The fraction of sp³-hybridized carbons (Fsp3) is 0.444. The highest BCUT2D eigenvalue weighted by molar-refractivity contribution is 7.98. The van der Waals surface area contributed by atoms with E-state index >= 15 is 0 Å². The molecule has 0 bridgehead atoms. The van der Waals surface area contributed by atoms with Crippen LogP contribution in [0.4, 0.5) is 0 Å². The lowest BCUT2D eigenvalue weighted by Crippen LogP contribution is -2.15. The molecule has 13 heavy (non-hydrogen) atoms. The summed E-state index contributed by atoms with van der Waals surface area (Å²) in [4.78, 5) is 4.32. The van der Waals surface area contributed by atoms with Gasteiger partial charge in [0.15, 0.2) is 0 Å². The maximum atomic E-state index is 8.88. The zero-order chi connectivity index (χ0) is 9.26. The topological polar surface area (TPSA) is 59.1 Å². The maximum Gasteiger partial charge on any atom is 0.0624 e. The number of nitrogens with two attached hydrogens (primary N) is 1. The molecule has 0 aromatic carbocycles. The highest BCUT2D eigenvalue weighted by Crippen LogP contribution is 2.29. The third-order valence-corrected chi connectivity index (χ3v) is 3.19. The van der Waals surface area contributed by atoms with Crippen LogP contribution in [0.2, 0.25) is 0 Å². The number of hydrogen-bond donors (Lipinski definition) is 2. The summed E-state index contributed by atoms with van der Waals surface area (Å²) in [6.45, 7) is -0.0202. The van der Waals surface area contributed by atoms with Crippen LogP contribution in [0.3, 0.4) is 0 Å². The van der Waals surface area contributed by atoms with Crippen molar-refractivity contribution in [2.75, 3.05) is 6.61 Å². The summed E-state index contributed by atoms with van der Waals surface area (Å²) in [5.41, 5.74) is 9.06. The molecule has 0 spiro atoms. The molecule has 70 valence electrons. The van der Waals surface area contributed by atoms with E-state index in [4.69, 9.17) is 10.8 Å². The van der Waals surface area contributed by atoms with E-state index < -0.39 is 0 Å². The van der Waals surface area contributed by atoms with E-state index in [0.29, 0.717) is 0 Å². The zero-order valence-corrected chi connectivity index (χ0v) is 8.05. The van der Waals surface area contributed by atoms with Crippen LogP contribution < -0.4 is 5.73 Å². The van der Waals surface area contributed by atoms with Crippen molar-refractivity contribution in [1.82, 2.24) is 4.98 Å². The van der Waals surface area contributed by atoms with Crippen molar-refractivity contribution >= 4 is 11.8 Å². The van der Waals surface area contributed by atoms with Crippen molar-refractivity contribution in [2.24, 2.45) is 5.73 Å². The Hall–Kier alpha value is -0.580. The lowest BCUT2D eigenvalue weighted by Gasteiger charge is -2.08. The summed E-state index contributed by atoms with van der Waals surface area (Å²) in [5.74, 6) is 2.03. The third kappa shape index (κ3) is 1.70. The molecule has 1 aromatic heterocycles. The van der Waals surface area contributed by atoms with Crippen molar-refractivity contribution < 1.29 is 5.11 Å². The molecular formula is C9H12N2OS. The van der Waals surface area contributed by atoms with E-state index in [1.807, 2.05) is 11.8 Å². The van der Waals surface area contributed by atoms with Gasteiger partial charge in [0.25, 0.3) is 0 Å². The molecule has 0 saturated heterocycles. The van der Waals surface area contributed by atoms with Gasteiger partial charge in [-0.2, -0.15) is 11.8 Å². The van der Waals surface area contributed by atoms with Crippen LogP contribution in [0.5, 0.6) is 0 Å². The Kier molecular flexibility index (Phi) is 2.53. The molecule has 0 saturated carbocycles. The summed E-state index contributed by atoms with van der Waals surface area (Å²) >= 11 is 1.87. The van der Waals surface area contributed by atoms with Gasteiger partial charge >= 0.3 is 0 Å². The van der Waals surface area contributed by atoms with Crippen molar-refractivity contribution in [3.05, 3.63) is 29.1 Å². The number of aliphatic hydroxyl groups is 1. The minimum absolute atomic E-state index is 0.0202. The van der Waals surface area contributed by atoms with Gasteiger partial charge in [-0.05, 0) is 17.2 Å². The average molecular weight is 196 g/mol. The van der Waals surface area contributed by atoms with Gasteiger partial charge in [0.2, 0.25) is 0 Å². The second-order valence-corrected chi connectivity index (χ2v) is 4.14. The first-order valence-electron chi connectivity index (χ1n) is 4.23. The summed E-state index contributed by atoms with van der Waals surface area (Å²) < 4.78 is 0. The van der Waals surface area contributed by atoms with E-state index in [2.05, 4.69) is 11.1 Å². The minimum atomic E-state index is -0.289. The highest BCUT2D eigenvalue weighted by atomic mass is 32.2. The molecule has 0 fully saturated rings. The van der Waals surface area contributed by atoms with Gasteiger partial charge in [0, 0.05) is 17.7 Å². The second-order valence-electron chi connectivity index (χ2n) is 3.16. The van der Waals surface area contributed by atoms with Crippen LogP contribution in [0.25, 0.3) is 0 Å². The largest absolute Gasteiger partial charge is 0.394 e. The monoisotopic (exact) mass is 196 g/mol. The van der Waals surface area contributed by atoms with Crippen molar-refractivity contribution in [2.45, 2.75) is 17.5 Å². The Labute approximate surface area is 81.4 Å². The molecule has 3 N–H and O–H groups in total. The lowest BCUT2D eigenvalue weighted by atomic mass is 10.1. The molecule has 1 aliphatic heterocycles. The van der Waals surface area contributed by atoms with Gasteiger partial charge < -0.3 is 10.8 Å². The van der Waals surface area contributed by atoms with E-state index in [9.17, 15) is 0 Å². The molecular weight excluding hydrogens is 184 g/mol. The van der Waals surface area contributed by atoms with Crippen LogP contribution >= 0.6 is 11.8 Å². The van der Waals surface area contributed by atoms with Crippen molar-refractivity contribution in [1.29, 1.82) is 0 Å². The SMILES string of the molecule is NC(CO)c1cnc2c(c1)CSC2. The molecule has 1 aliphatic rings. The molecule has 0 radical (unpaired) electrons. The van der Waals surface area contributed by atoms with E-state index in [-0.39, 0.29) is 12.6 Å². The van der Waals surface area contributed by atoms with E-state index in [1.165, 1.54) is 11.3 Å². The first kappa shape index (κ1) is 8.99. The van der Waals surface area contributed by atoms with Crippen LogP contribution in [0, 0.1) is 0 Å². The maximum absolute atomic E-state index is 8.88. The smallest absolute Gasteiger partial charge is 0.0624 e. The Bertz CT molecular complexity index is 316. The number of fused-ring (bicyclic) bond motifs is 1. The van der Waals surface area contributed by atoms with Crippen LogP contribution in [-0.4, -0.2) is 16.7 Å². The van der Waals surface area contributed by atoms with Crippen LogP contribution in [-0.2, 0) is 11.5 Å². The molecule has 1 aromatic rings. The number of aliphatic hydroxyl groups excluding tert-OH is 1. The number of pyridine rings is 1. The number of nitrogens with zero attached hydrogens (tertiary/aromatic N) is 1. The van der Waals surface area contributed by atoms with E-state index in [1.54, 1.807) is 6.20 Å². The first-order valence-corrected chi connectivity index (χ1v) is 5.38. The number of aromatic nitrogens is 1. The molecule has 1 atom stereocenters. The quantitative estimate of drug-likeness (QED) is 0.735. The summed E-state index contributed by atoms with van der Waals surface area (Å²) in [7, 11) is 0. The Morgan fingerprint density at radius 3 is 3.23 bits per heavy atom. The molecule has 4 heteroatoms. The normalized spacial score (nSPS) is 17.1.